The molecule has 0 bridgehead atoms. The molecule has 2 aromatic carbocycles. The maximum Gasteiger partial charge on any atom is 0.200 e. The van der Waals surface area contributed by atoms with Crippen LogP contribution in [0.1, 0.15) is 18.1 Å². The largest absolute Gasteiger partial charge is 0.272 e. The summed E-state index contributed by atoms with van der Waals surface area (Å²) in [7, 11) is 0. The molecule has 0 heterocycles. The van der Waals surface area contributed by atoms with Crippen molar-refractivity contribution in [3.05, 3.63) is 64.5 Å². The van der Waals surface area contributed by atoms with Gasteiger partial charge in [-0.2, -0.15) is 5.10 Å². The van der Waals surface area contributed by atoms with Gasteiger partial charge in [0.1, 0.15) is 5.69 Å². The Kier molecular flexibility index (Phi) is 4.44. The summed E-state index contributed by atoms with van der Waals surface area (Å²) in [6.07, 6.45) is 0. The molecular formula is C15H11F5N2. The third-order valence-corrected chi connectivity index (χ3v) is 3.08. The van der Waals surface area contributed by atoms with Crippen LogP contribution in [0.4, 0.5) is 27.6 Å². The number of rotatable bonds is 3. The Morgan fingerprint density at radius 1 is 0.864 bits per heavy atom. The van der Waals surface area contributed by atoms with Crippen LogP contribution in [0.15, 0.2) is 29.4 Å². The average Bonchev–Trinajstić information content (AvgIpc) is 2.51. The number of halogens is 5. The van der Waals surface area contributed by atoms with Crippen LogP contribution in [-0.4, -0.2) is 5.71 Å². The van der Waals surface area contributed by atoms with Gasteiger partial charge in [-0.15, -0.1) is 0 Å². The first-order valence-corrected chi connectivity index (χ1v) is 6.22. The number of aryl methyl sites for hydroxylation is 1. The van der Waals surface area contributed by atoms with Crippen molar-refractivity contribution in [2.75, 3.05) is 5.43 Å². The van der Waals surface area contributed by atoms with E-state index in [0.29, 0.717) is 11.3 Å². The van der Waals surface area contributed by atoms with Crippen molar-refractivity contribution >= 4 is 11.4 Å². The zero-order valence-corrected chi connectivity index (χ0v) is 11.6. The van der Waals surface area contributed by atoms with E-state index in [1.54, 1.807) is 38.1 Å². The number of benzene rings is 2. The van der Waals surface area contributed by atoms with Gasteiger partial charge in [-0.3, -0.25) is 5.43 Å². The van der Waals surface area contributed by atoms with Gasteiger partial charge in [0.15, 0.2) is 23.3 Å². The Balaban J connectivity index is 2.40. The monoisotopic (exact) mass is 314 g/mol. The predicted molar refractivity (Wildman–Crippen MR) is 73.2 cm³/mol. The zero-order chi connectivity index (χ0) is 16.4. The van der Waals surface area contributed by atoms with Crippen LogP contribution in [0, 0.1) is 36.0 Å². The summed E-state index contributed by atoms with van der Waals surface area (Å²) in [5.74, 6) is -10.2. The lowest BCUT2D eigenvalue weighted by Crippen LogP contribution is -2.08. The fraction of sp³-hybridized carbons (Fsp3) is 0.133. The van der Waals surface area contributed by atoms with Crippen LogP contribution < -0.4 is 5.43 Å². The van der Waals surface area contributed by atoms with E-state index < -0.39 is 34.8 Å². The highest BCUT2D eigenvalue weighted by atomic mass is 19.2. The van der Waals surface area contributed by atoms with E-state index in [0.717, 1.165) is 5.56 Å². The second-order valence-electron chi connectivity index (χ2n) is 4.57. The lowest BCUT2D eigenvalue weighted by Gasteiger charge is -2.09. The molecule has 0 radical (unpaired) electrons. The Hall–Kier alpha value is -2.44. The summed E-state index contributed by atoms with van der Waals surface area (Å²) in [4.78, 5) is 0. The highest BCUT2D eigenvalue weighted by molar-refractivity contribution is 6.00. The minimum Gasteiger partial charge on any atom is -0.272 e. The molecule has 0 aliphatic carbocycles. The van der Waals surface area contributed by atoms with Gasteiger partial charge < -0.3 is 0 Å². The molecule has 0 unspecified atom stereocenters. The third-order valence-electron chi connectivity index (χ3n) is 3.08. The standard InChI is InChI=1S/C15H11F5N2/c1-7-5-3-4-6-9(7)8(2)21-22-15-13(19)11(17)10(16)12(18)14(15)20/h3-6,22H,1-2H3/b21-8-. The molecule has 22 heavy (non-hydrogen) atoms. The SMILES string of the molecule is C/C(=N/Nc1c(F)c(F)c(F)c(F)c1F)c1ccccc1C. The highest BCUT2D eigenvalue weighted by Gasteiger charge is 2.25. The molecule has 0 fully saturated rings. The molecule has 0 saturated carbocycles. The lowest BCUT2D eigenvalue weighted by atomic mass is 10.1. The van der Waals surface area contributed by atoms with Crippen LogP contribution >= 0.6 is 0 Å². The summed E-state index contributed by atoms with van der Waals surface area (Å²) >= 11 is 0. The number of hydrogen-bond acceptors (Lipinski definition) is 2. The molecule has 2 rings (SSSR count). The number of nitrogens with one attached hydrogen (secondary N) is 1. The van der Waals surface area contributed by atoms with Crippen molar-refractivity contribution in [3.63, 3.8) is 0 Å². The van der Waals surface area contributed by atoms with Crippen molar-refractivity contribution < 1.29 is 22.0 Å². The van der Waals surface area contributed by atoms with Crippen LogP contribution in [-0.2, 0) is 0 Å². The second-order valence-corrected chi connectivity index (χ2v) is 4.57. The van der Waals surface area contributed by atoms with Crippen molar-refractivity contribution in [1.82, 2.24) is 0 Å². The normalized spacial score (nSPS) is 11.7. The fourth-order valence-corrected chi connectivity index (χ4v) is 1.88. The molecule has 0 atom stereocenters. The zero-order valence-electron chi connectivity index (χ0n) is 11.6. The van der Waals surface area contributed by atoms with Crippen LogP contribution in [0.25, 0.3) is 0 Å². The number of hydrazone groups is 1. The van der Waals surface area contributed by atoms with Crippen LogP contribution in [0.2, 0.25) is 0 Å². The topological polar surface area (TPSA) is 24.4 Å². The first kappa shape index (κ1) is 15.9. The fourth-order valence-electron chi connectivity index (χ4n) is 1.88. The van der Waals surface area contributed by atoms with Gasteiger partial charge in [0.05, 0.1) is 5.71 Å². The third kappa shape index (κ3) is 2.79. The Morgan fingerprint density at radius 2 is 1.36 bits per heavy atom. The second kappa shape index (κ2) is 6.13. The number of nitrogens with zero attached hydrogens (tertiary/aromatic N) is 1. The molecular weight excluding hydrogens is 303 g/mol. The minimum atomic E-state index is -2.21. The molecule has 116 valence electrons. The van der Waals surface area contributed by atoms with E-state index in [1.165, 1.54) is 0 Å². The van der Waals surface area contributed by atoms with Gasteiger partial charge in [-0.1, -0.05) is 24.3 Å². The Labute approximate surface area is 123 Å². The molecule has 0 amide bonds. The number of anilines is 1. The predicted octanol–water partition coefficient (Wildman–Crippen LogP) is 4.53. The maximum absolute atomic E-state index is 13.5. The Bertz CT molecular complexity index is 727. The van der Waals surface area contributed by atoms with Gasteiger partial charge in [0, 0.05) is 5.56 Å². The van der Waals surface area contributed by atoms with E-state index in [1.807, 2.05) is 5.43 Å². The summed E-state index contributed by atoms with van der Waals surface area (Å²) in [5.41, 5.74) is 2.58. The molecule has 2 nitrogen and oxygen atoms in total. The van der Waals surface area contributed by atoms with E-state index in [-0.39, 0.29) is 0 Å². The highest BCUT2D eigenvalue weighted by Crippen LogP contribution is 2.27. The summed E-state index contributed by atoms with van der Waals surface area (Å²) in [5, 5.41) is 3.69. The first-order chi connectivity index (χ1) is 10.3. The van der Waals surface area contributed by atoms with E-state index in [9.17, 15) is 22.0 Å². The van der Waals surface area contributed by atoms with E-state index >= 15 is 0 Å². The molecule has 0 saturated heterocycles. The molecule has 2 aromatic rings. The van der Waals surface area contributed by atoms with Gasteiger partial charge in [0.2, 0.25) is 5.82 Å². The van der Waals surface area contributed by atoms with Crippen LogP contribution in [0.5, 0.6) is 0 Å². The molecule has 1 N–H and O–H groups in total. The van der Waals surface area contributed by atoms with Gasteiger partial charge in [0.25, 0.3) is 0 Å². The van der Waals surface area contributed by atoms with Crippen LogP contribution in [0.3, 0.4) is 0 Å². The van der Waals surface area contributed by atoms with E-state index in [4.69, 9.17) is 0 Å². The maximum atomic E-state index is 13.5. The van der Waals surface area contributed by atoms with Crippen molar-refractivity contribution in [1.29, 1.82) is 0 Å². The Morgan fingerprint density at radius 3 is 1.91 bits per heavy atom. The smallest absolute Gasteiger partial charge is 0.200 e. The molecule has 0 aliphatic rings. The molecule has 7 heteroatoms. The quantitative estimate of drug-likeness (QED) is 0.291. The van der Waals surface area contributed by atoms with Gasteiger partial charge in [-0.25, -0.2) is 22.0 Å². The van der Waals surface area contributed by atoms with Crippen molar-refractivity contribution in [3.8, 4) is 0 Å². The lowest BCUT2D eigenvalue weighted by molar-refractivity contribution is 0.381. The van der Waals surface area contributed by atoms with Gasteiger partial charge >= 0.3 is 0 Å². The van der Waals surface area contributed by atoms with Crippen molar-refractivity contribution in [2.45, 2.75) is 13.8 Å². The number of hydrogen-bond donors (Lipinski definition) is 1. The molecule has 0 aliphatic heterocycles. The minimum absolute atomic E-state index is 0.335. The van der Waals surface area contributed by atoms with Crippen molar-refractivity contribution in [2.24, 2.45) is 5.10 Å². The van der Waals surface area contributed by atoms with E-state index in [2.05, 4.69) is 5.10 Å². The summed E-state index contributed by atoms with van der Waals surface area (Å²) in [6.45, 7) is 3.34. The van der Waals surface area contributed by atoms with Gasteiger partial charge in [-0.05, 0) is 19.4 Å². The summed E-state index contributed by atoms with van der Waals surface area (Å²) < 4.78 is 66.0. The molecule has 0 spiro atoms. The molecule has 0 aromatic heterocycles. The first-order valence-electron chi connectivity index (χ1n) is 6.22. The summed E-state index contributed by atoms with van der Waals surface area (Å²) in [6, 6.07) is 7.05. The average molecular weight is 314 g/mol.